The van der Waals surface area contributed by atoms with Crippen molar-refractivity contribution in [2.75, 3.05) is 20.3 Å². The summed E-state index contributed by atoms with van der Waals surface area (Å²) in [5.41, 5.74) is -2.42. The lowest BCUT2D eigenvalue weighted by Crippen LogP contribution is -2.78. The summed E-state index contributed by atoms with van der Waals surface area (Å²) in [6.45, 7) is 5.62. The van der Waals surface area contributed by atoms with Gasteiger partial charge in [-0.2, -0.15) is 5.69 Å². The van der Waals surface area contributed by atoms with Gasteiger partial charge in [-0.3, -0.25) is 4.79 Å². The number of hydrogen-bond donors (Lipinski definition) is 5. The average Bonchev–Trinajstić information content (AvgIpc) is 3.82. The van der Waals surface area contributed by atoms with E-state index in [1.807, 2.05) is 6.08 Å². The Morgan fingerprint density at radius 2 is 1.87 bits per heavy atom. The lowest BCUT2D eigenvalue weighted by Gasteiger charge is -2.61. The Labute approximate surface area is 310 Å². The molecule has 0 unspecified atom stereocenters. The molecule has 12 nitrogen and oxygen atoms in total. The molecule has 4 fully saturated rings. The Balaban J connectivity index is 1.29. The molecule has 0 aromatic carbocycles. The van der Waals surface area contributed by atoms with Gasteiger partial charge in [-0.05, 0) is 67.6 Å². The highest BCUT2D eigenvalue weighted by atomic mass is 16.7. The van der Waals surface area contributed by atoms with Crippen LogP contribution in [0.2, 0.25) is 0 Å². The van der Waals surface area contributed by atoms with Crippen molar-refractivity contribution in [1.29, 1.82) is 0 Å². The molecule has 7 rings (SSSR count). The van der Waals surface area contributed by atoms with E-state index in [1.165, 1.54) is 26.4 Å². The first-order valence-electron chi connectivity index (χ1n) is 19.7. The molecule has 4 aliphatic carbocycles. The van der Waals surface area contributed by atoms with Gasteiger partial charge in [0.1, 0.15) is 17.8 Å². The second kappa shape index (κ2) is 14.9. The standard InChI is InChI=1S/C41H56NO11/c1-4-25-26(20-33(45)46)28(36(47)50-3)21-39(15-8-9-16-39)35(25)52-38-40(49)17-14-29-27-19-30(23(2)24-11-6-5-7-12-24)42-34(27)31(13-10-18-43)53-41(29,37(40)48)32(22-44)51-38/h4,19,21,23-26,32,35,37-38,43-44,48-49H,1,5-18,20,22H2,2-3H3,(H,45,46)/q-1/t23-,25-,26+,32-,35+,37-,38+,40-,41-/m1/s1. The third kappa shape index (κ3) is 6.21. The molecule has 3 saturated carbocycles. The van der Waals surface area contributed by atoms with Gasteiger partial charge >= 0.3 is 11.9 Å². The van der Waals surface area contributed by atoms with E-state index in [0.29, 0.717) is 54.7 Å². The summed E-state index contributed by atoms with van der Waals surface area (Å²) in [6.07, 6.45) is 8.11. The van der Waals surface area contributed by atoms with Crippen molar-refractivity contribution in [3.05, 3.63) is 46.6 Å². The van der Waals surface area contributed by atoms with Crippen LogP contribution >= 0.6 is 0 Å². The van der Waals surface area contributed by atoms with Crippen molar-refractivity contribution in [1.82, 2.24) is 4.98 Å². The molecule has 0 radical (unpaired) electrons. The van der Waals surface area contributed by atoms with Crippen molar-refractivity contribution in [2.45, 2.75) is 139 Å². The summed E-state index contributed by atoms with van der Waals surface area (Å²) in [5, 5.41) is 57.4. The molecule has 53 heavy (non-hydrogen) atoms. The van der Waals surface area contributed by atoms with Crippen LogP contribution < -0.4 is 15.6 Å². The van der Waals surface area contributed by atoms with E-state index in [9.17, 15) is 35.1 Å². The minimum Gasteiger partial charge on any atom is -0.658 e. The van der Waals surface area contributed by atoms with Gasteiger partial charge in [0, 0.05) is 35.9 Å². The van der Waals surface area contributed by atoms with E-state index in [1.54, 1.807) is 6.08 Å². The van der Waals surface area contributed by atoms with Crippen LogP contribution in [0.5, 0.6) is 0 Å². The first kappa shape index (κ1) is 38.3. The number of hydrogen-bond acceptors (Lipinski definition) is 10. The number of esters is 1. The van der Waals surface area contributed by atoms with E-state index in [0.717, 1.165) is 36.6 Å². The Morgan fingerprint density at radius 1 is 1.13 bits per heavy atom. The molecule has 3 heterocycles. The highest BCUT2D eigenvalue weighted by molar-refractivity contribution is 5.90. The summed E-state index contributed by atoms with van der Waals surface area (Å²) in [6, 6.07) is 2.09. The monoisotopic (exact) mass is 738 g/mol. The van der Waals surface area contributed by atoms with Crippen molar-refractivity contribution in [3.63, 3.8) is 0 Å². The topological polar surface area (TPSA) is 186 Å². The van der Waals surface area contributed by atoms with Gasteiger partial charge in [0.15, 0.2) is 11.9 Å². The number of carboxylic acids is 1. The number of aliphatic carboxylic acids is 1. The molecule has 9 atom stereocenters. The molecule has 2 bridgehead atoms. The molecular formula is C41H56NO11-. The molecule has 5 N–H and O–H groups in total. The zero-order valence-corrected chi connectivity index (χ0v) is 31.0. The van der Waals surface area contributed by atoms with Crippen LogP contribution in [0, 0.1) is 23.2 Å². The summed E-state index contributed by atoms with van der Waals surface area (Å²) >= 11 is 0. The summed E-state index contributed by atoms with van der Waals surface area (Å²) in [7, 11) is 1.27. The van der Waals surface area contributed by atoms with Crippen molar-refractivity contribution in [2.24, 2.45) is 23.2 Å². The fourth-order valence-electron chi connectivity index (χ4n) is 10.9. The number of aliphatic hydroxyl groups excluding tert-OH is 3. The second-order valence-corrected chi connectivity index (χ2v) is 16.4. The number of carboxylic acid groups (broad SMARTS) is 1. The van der Waals surface area contributed by atoms with Gasteiger partial charge < -0.3 is 49.5 Å². The first-order chi connectivity index (χ1) is 25.5. The highest BCUT2D eigenvalue weighted by Gasteiger charge is 2.70. The number of aromatic nitrogens is 1. The Bertz CT molecular complexity index is 1720. The van der Waals surface area contributed by atoms with Crippen LogP contribution in [-0.4, -0.2) is 93.6 Å². The maximum atomic E-state index is 13.1. The fraction of sp³-hybridized carbons (Fsp3) is 0.707. The van der Waals surface area contributed by atoms with Gasteiger partial charge in [0.2, 0.25) is 0 Å². The van der Waals surface area contributed by atoms with Crippen molar-refractivity contribution >= 4 is 23.3 Å². The fourth-order valence-corrected chi connectivity index (χ4v) is 10.9. The molecule has 12 heteroatoms. The van der Waals surface area contributed by atoms with E-state index < -0.39 is 71.6 Å². The Kier molecular flexibility index (Phi) is 10.8. The second-order valence-electron chi connectivity index (χ2n) is 16.4. The SMILES string of the molecule is C=C[C@@H]1[C@H](CC(=O)O)C(C(=O)OC)=CC2(CCCC2)[C@H]1O[C@@H]1O[C@H](CO)[C@]23OC(CCCO)=c4[n-]c([C@H](C)C5CCCCC5)cc4=C2CC[C@@]1(O)[C@H]3O. The zero-order valence-electron chi connectivity index (χ0n) is 31.0. The molecule has 1 aromatic rings. The number of carbonyl (C=O) groups is 2. The average molecular weight is 739 g/mol. The number of rotatable bonds is 12. The minimum absolute atomic E-state index is 0.0574. The molecule has 0 amide bonds. The van der Waals surface area contributed by atoms with E-state index in [-0.39, 0.29) is 30.9 Å². The molecule has 6 aliphatic rings. The largest absolute Gasteiger partial charge is 0.658 e. The Morgan fingerprint density at radius 3 is 2.51 bits per heavy atom. The number of aliphatic hydroxyl groups is 4. The van der Waals surface area contributed by atoms with Crippen molar-refractivity contribution in [3.8, 4) is 0 Å². The van der Waals surface area contributed by atoms with Crippen LogP contribution in [0.4, 0.5) is 0 Å². The Hall–Kier alpha value is -3.00. The third-order valence-corrected chi connectivity index (χ3v) is 13.6. The third-order valence-electron chi connectivity index (χ3n) is 13.6. The van der Waals surface area contributed by atoms with Gasteiger partial charge in [0.25, 0.3) is 0 Å². The quantitative estimate of drug-likeness (QED) is 0.156. The number of methoxy groups -OCH3 is 1. The number of ether oxygens (including phenoxy) is 4. The maximum absolute atomic E-state index is 13.1. The lowest BCUT2D eigenvalue weighted by atomic mass is 9.62. The van der Waals surface area contributed by atoms with Crippen LogP contribution in [0.15, 0.2) is 30.4 Å². The number of fused-ring (bicyclic) bond motifs is 2. The molecule has 1 saturated heterocycles. The predicted octanol–water partition coefficient (Wildman–Crippen LogP) is 2.68. The molecule has 1 aromatic heterocycles. The molecule has 292 valence electrons. The van der Waals surface area contributed by atoms with Gasteiger partial charge in [-0.15, -0.1) is 6.58 Å². The highest BCUT2D eigenvalue weighted by Crippen LogP contribution is 2.57. The molecule has 2 aliphatic heterocycles. The lowest BCUT2D eigenvalue weighted by molar-refractivity contribution is -0.378. The summed E-state index contributed by atoms with van der Waals surface area (Å²) < 4.78 is 25.4. The van der Waals surface area contributed by atoms with Crippen molar-refractivity contribution < 1.29 is 54.1 Å². The van der Waals surface area contributed by atoms with Crippen LogP contribution in [-0.2, 0) is 28.5 Å². The first-order valence-corrected chi connectivity index (χ1v) is 19.7. The zero-order chi connectivity index (χ0) is 37.7. The van der Waals surface area contributed by atoms with E-state index in [4.69, 9.17) is 23.9 Å². The minimum atomic E-state index is -1.99. The number of carbonyl (C=O) groups excluding carboxylic acids is 1. The van der Waals surface area contributed by atoms with Gasteiger partial charge in [-0.25, -0.2) is 4.79 Å². The molecular weight excluding hydrogens is 682 g/mol. The molecule has 2 spiro atoms. The van der Waals surface area contributed by atoms with Crippen LogP contribution in [0.1, 0.15) is 108 Å². The van der Waals surface area contributed by atoms with E-state index in [2.05, 4.69) is 19.6 Å². The predicted molar refractivity (Wildman–Crippen MR) is 192 cm³/mol. The number of nitrogens with zero attached hydrogens (tertiary/aromatic N) is 1. The normalized spacial score (nSPS) is 35.5. The van der Waals surface area contributed by atoms with E-state index >= 15 is 0 Å². The van der Waals surface area contributed by atoms with Gasteiger partial charge in [-0.1, -0.05) is 62.6 Å². The summed E-state index contributed by atoms with van der Waals surface area (Å²) in [4.78, 5) is 30.3. The van der Waals surface area contributed by atoms with Gasteiger partial charge in [0.05, 0.1) is 32.0 Å². The smallest absolute Gasteiger partial charge is 0.333 e. The summed E-state index contributed by atoms with van der Waals surface area (Å²) in [5.74, 6) is -1.99. The van der Waals surface area contributed by atoms with Crippen LogP contribution in [0.25, 0.3) is 11.3 Å². The van der Waals surface area contributed by atoms with Crippen LogP contribution in [0.3, 0.4) is 0 Å². The maximum Gasteiger partial charge on any atom is 0.333 e.